The van der Waals surface area contributed by atoms with Crippen LogP contribution in [-0.2, 0) is 16.3 Å². The fourth-order valence-corrected chi connectivity index (χ4v) is 5.15. The minimum absolute atomic E-state index is 0.00892. The number of alkyl halides is 3. The number of sulfone groups is 1. The second kappa shape index (κ2) is 10.8. The maximum atomic E-state index is 13.5. The standard InChI is InChI=1S/C26H30F3N5O3S/c1-33(2)16-17-13-22(31-17)19-7-6-12-34-23(15-26(27,28)29)20(32-25(19)34)8-5-11-30-21-10-9-18(38(4,35)36)14-24(21)37-3/h6-7,9-10,12,14,17,22,30-31H,11,13,15-16H2,1-4H3/t17-,22+/m0/s1. The maximum absolute atomic E-state index is 13.5. The van der Waals surface area contributed by atoms with E-state index in [1.807, 2.05) is 20.2 Å². The summed E-state index contributed by atoms with van der Waals surface area (Å²) in [4.78, 5) is 6.72. The van der Waals surface area contributed by atoms with E-state index in [4.69, 9.17) is 4.74 Å². The number of benzene rings is 1. The van der Waals surface area contributed by atoms with Crippen LogP contribution in [-0.4, -0.2) is 75.5 Å². The fraction of sp³-hybridized carbons (Fsp3) is 0.423. The summed E-state index contributed by atoms with van der Waals surface area (Å²) in [5.74, 6) is 5.95. The molecule has 0 spiro atoms. The molecule has 0 bridgehead atoms. The minimum atomic E-state index is -4.43. The Labute approximate surface area is 220 Å². The van der Waals surface area contributed by atoms with Crippen LogP contribution in [0.4, 0.5) is 18.9 Å². The van der Waals surface area contributed by atoms with Crippen molar-refractivity contribution in [3.05, 3.63) is 53.5 Å². The Balaban J connectivity index is 1.59. The first-order valence-electron chi connectivity index (χ1n) is 11.9. The maximum Gasteiger partial charge on any atom is 0.394 e. The van der Waals surface area contributed by atoms with Gasteiger partial charge >= 0.3 is 6.18 Å². The van der Waals surface area contributed by atoms with Crippen molar-refractivity contribution in [1.29, 1.82) is 0 Å². The summed E-state index contributed by atoms with van der Waals surface area (Å²) in [6, 6.07) is 8.33. The monoisotopic (exact) mass is 549 g/mol. The van der Waals surface area contributed by atoms with Gasteiger partial charge in [0, 0.05) is 42.7 Å². The molecular formula is C26H30F3N5O3S. The Bertz CT molecular complexity index is 1480. The summed E-state index contributed by atoms with van der Waals surface area (Å²) < 4.78 is 70.7. The molecule has 204 valence electrons. The van der Waals surface area contributed by atoms with E-state index in [1.165, 1.54) is 23.6 Å². The van der Waals surface area contributed by atoms with E-state index in [-0.39, 0.29) is 28.9 Å². The number of hydrogen-bond acceptors (Lipinski definition) is 7. The van der Waals surface area contributed by atoms with E-state index in [2.05, 4.69) is 32.4 Å². The van der Waals surface area contributed by atoms with Gasteiger partial charge in [-0.05, 0) is 44.6 Å². The zero-order valence-electron chi connectivity index (χ0n) is 21.6. The van der Waals surface area contributed by atoms with Gasteiger partial charge in [0.25, 0.3) is 0 Å². The van der Waals surface area contributed by atoms with Gasteiger partial charge in [0.15, 0.2) is 9.84 Å². The topological polar surface area (TPSA) is 88.0 Å². The first kappa shape index (κ1) is 27.8. The molecule has 1 aliphatic rings. The molecule has 3 heterocycles. The van der Waals surface area contributed by atoms with Gasteiger partial charge in [0.05, 0.1) is 36.4 Å². The number of nitrogens with zero attached hydrogens (tertiary/aromatic N) is 3. The van der Waals surface area contributed by atoms with Crippen LogP contribution < -0.4 is 15.4 Å². The number of pyridine rings is 1. The van der Waals surface area contributed by atoms with Gasteiger partial charge in [0.1, 0.15) is 17.1 Å². The molecule has 2 N–H and O–H groups in total. The Morgan fingerprint density at radius 2 is 2.03 bits per heavy atom. The lowest BCUT2D eigenvalue weighted by Crippen LogP contribution is -2.51. The number of nitrogens with one attached hydrogen (secondary N) is 2. The zero-order valence-corrected chi connectivity index (χ0v) is 22.4. The average molecular weight is 550 g/mol. The lowest BCUT2D eigenvalue weighted by atomic mass is 9.91. The van der Waals surface area contributed by atoms with Crippen LogP contribution in [0.3, 0.4) is 0 Å². The van der Waals surface area contributed by atoms with E-state index < -0.39 is 22.4 Å². The average Bonchev–Trinajstić information content (AvgIpc) is 3.14. The van der Waals surface area contributed by atoms with E-state index in [0.29, 0.717) is 23.1 Å². The molecule has 1 aliphatic heterocycles. The largest absolute Gasteiger partial charge is 0.495 e. The van der Waals surface area contributed by atoms with Crippen molar-refractivity contribution >= 4 is 21.2 Å². The van der Waals surface area contributed by atoms with Crippen molar-refractivity contribution in [3.63, 3.8) is 0 Å². The molecule has 4 rings (SSSR count). The molecule has 1 saturated heterocycles. The highest BCUT2D eigenvalue weighted by Gasteiger charge is 2.34. The molecule has 0 unspecified atom stereocenters. The normalized spacial score (nSPS) is 17.7. The van der Waals surface area contributed by atoms with Crippen molar-refractivity contribution in [2.75, 3.05) is 45.9 Å². The lowest BCUT2D eigenvalue weighted by Gasteiger charge is -2.39. The van der Waals surface area contributed by atoms with Gasteiger partial charge in [-0.15, -0.1) is 0 Å². The fourth-order valence-electron chi connectivity index (χ4n) is 4.51. The Morgan fingerprint density at radius 3 is 2.66 bits per heavy atom. The van der Waals surface area contributed by atoms with Gasteiger partial charge in [-0.3, -0.25) is 0 Å². The van der Waals surface area contributed by atoms with Crippen LogP contribution in [0.15, 0.2) is 41.4 Å². The predicted octanol–water partition coefficient (Wildman–Crippen LogP) is 3.28. The second-order valence-corrected chi connectivity index (χ2v) is 11.6. The molecule has 1 fully saturated rings. The molecule has 38 heavy (non-hydrogen) atoms. The molecule has 2 atom stereocenters. The van der Waals surface area contributed by atoms with Crippen LogP contribution in [0.1, 0.15) is 29.4 Å². The molecule has 0 saturated carbocycles. The predicted molar refractivity (Wildman–Crippen MR) is 139 cm³/mol. The summed E-state index contributed by atoms with van der Waals surface area (Å²) in [5.41, 5.74) is 1.86. The number of ether oxygens (including phenoxy) is 1. The number of rotatable bonds is 8. The molecule has 3 aromatic rings. The third-order valence-electron chi connectivity index (χ3n) is 6.24. The Hall–Kier alpha value is -3.27. The number of likely N-dealkylation sites (N-methyl/N-ethyl adjacent to an activating group) is 1. The zero-order chi connectivity index (χ0) is 27.7. The summed E-state index contributed by atoms with van der Waals surface area (Å²) in [5, 5.41) is 6.50. The Kier molecular flexibility index (Phi) is 7.92. The lowest BCUT2D eigenvalue weighted by molar-refractivity contribution is -0.128. The molecule has 0 radical (unpaired) electrons. The van der Waals surface area contributed by atoms with Crippen LogP contribution in [0.2, 0.25) is 0 Å². The van der Waals surface area contributed by atoms with Crippen molar-refractivity contribution in [3.8, 4) is 17.6 Å². The number of fused-ring (bicyclic) bond motifs is 1. The molecule has 2 aromatic heterocycles. The van der Waals surface area contributed by atoms with Crippen molar-refractivity contribution < 1.29 is 26.3 Å². The summed E-state index contributed by atoms with van der Waals surface area (Å²) >= 11 is 0. The van der Waals surface area contributed by atoms with Gasteiger partial charge in [-0.1, -0.05) is 12.0 Å². The smallest absolute Gasteiger partial charge is 0.394 e. The number of anilines is 1. The summed E-state index contributed by atoms with van der Waals surface area (Å²) in [7, 11) is 1.99. The summed E-state index contributed by atoms with van der Waals surface area (Å²) in [6.07, 6.45) is -2.04. The SMILES string of the molecule is COc1cc(S(C)(=O)=O)ccc1NCC#Cc1nc2c([C@H]3C[C@@H](CN(C)C)N3)cccn2c1CC(F)(F)F. The first-order chi connectivity index (χ1) is 17.9. The molecule has 0 aliphatic carbocycles. The van der Waals surface area contributed by atoms with E-state index in [9.17, 15) is 21.6 Å². The van der Waals surface area contributed by atoms with Gasteiger partial charge in [-0.25, -0.2) is 13.4 Å². The molecule has 0 amide bonds. The van der Waals surface area contributed by atoms with Gasteiger partial charge in [0.2, 0.25) is 0 Å². The number of hydrogen-bond donors (Lipinski definition) is 2. The Morgan fingerprint density at radius 1 is 1.29 bits per heavy atom. The number of methoxy groups -OCH3 is 1. The van der Waals surface area contributed by atoms with Crippen LogP contribution in [0.25, 0.3) is 5.65 Å². The third kappa shape index (κ3) is 6.40. The van der Waals surface area contributed by atoms with E-state index in [0.717, 1.165) is 24.8 Å². The number of aromatic nitrogens is 2. The van der Waals surface area contributed by atoms with E-state index in [1.54, 1.807) is 18.3 Å². The van der Waals surface area contributed by atoms with Crippen molar-refractivity contribution in [2.24, 2.45) is 0 Å². The minimum Gasteiger partial charge on any atom is -0.495 e. The van der Waals surface area contributed by atoms with Gasteiger partial charge < -0.3 is 24.7 Å². The van der Waals surface area contributed by atoms with Crippen molar-refractivity contribution in [1.82, 2.24) is 19.6 Å². The highest BCUT2D eigenvalue weighted by Crippen LogP contribution is 2.33. The van der Waals surface area contributed by atoms with Crippen LogP contribution in [0.5, 0.6) is 5.75 Å². The number of imidazole rings is 1. The molecule has 8 nitrogen and oxygen atoms in total. The highest BCUT2D eigenvalue weighted by atomic mass is 32.2. The summed E-state index contributed by atoms with van der Waals surface area (Å²) in [6.45, 7) is 0.954. The first-order valence-corrected chi connectivity index (χ1v) is 13.8. The number of halogens is 3. The van der Waals surface area contributed by atoms with Crippen molar-refractivity contribution in [2.45, 2.75) is 36.0 Å². The van der Waals surface area contributed by atoms with Crippen LogP contribution >= 0.6 is 0 Å². The highest BCUT2D eigenvalue weighted by molar-refractivity contribution is 7.90. The van der Waals surface area contributed by atoms with Gasteiger partial charge in [-0.2, -0.15) is 13.2 Å². The van der Waals surface area contributed by atoms with E-state index >= 15 is 0 Å². The second-order valence-electron chi connectivity index (χ2n) is 9.56. The molecule has 12 heteroatoms. The van der Waals surface area contributed by atoms with Crippen LogP contribution in [0, 0.1) is 11.8 Å². The molecule has 1 aromatic carbocycles. The third-order valence-corrected chi connectivity index (χ3v) is 7.35. The quantitative estimate of drug-likeness (QED) is 0.417. The molecular weight excluding hydrogens is 519 g/mol.